The summed E-state index contributed by atoms with van der Waals surface area (Å²) in [6.07, 6.45) is 6.30. The summed E-state index contributed by atoms with van der Waals surface area (Å²) < 4.78 is 5.34. The van der Waals surface area contributed by atoms with Crippen LogP contribution in [0, 0.1) is 12.8 Å². The van der Waals surface area contributed by atoms with Gasteiger partial charge in [0.1, 0.15) is 11.6 Å². The molecule has 2 aromatic rings. The van der Waals surface area contributed by atoms with Gasteiger partial charge in [-0.15, -0.1) is 0 Å². The fraction of sp³-hybridized carbons (Fsp3) is 0.318. The van der Waals surface area contributed by atoms with E-state index in [0.29, 0.717) is 31.7 Å². The third-order valence-corrected chi connectivity index (χ3v) is 4.88. The molecule has 0 aliphatic carbocycles. The maximum atomic E-state index is 12.5. The van der Waals surface area contributed by atoms with E-state index in [0.717, 1.165) is 16.9 Å². The number of likely N-dealkylation sites (tertiary alicyclic amines) is 1. The lowest BCUT2D eigenvalue weighted by molar-refractivity contribution is -0.130. The molecule has 28 heavy (non-hydrogen) atoms. The number of aryl methyl sites for hydroxylation is 1. The van der Waals surface area contributed by atoms with Crippen molar-refractivity contribution in [2.45, 2.75) is 19.8 Å². The highest BCUT2D eigenvalue weighted by Crippen LogP contribution is 2.22. The van der Waals surface area contributed by atoms with Crippen LogP contribution in [0.3, 0.4) is 0 Å². The summed E-state index contributed by atoms with van der Waals surface area (Å²) in [6, 6.07) is 11.3. The number of hydrogen-bond donors (Lipinski definition) is 1. The van der Waals surface area contributed by atoms with Crippen molar-refractivity contribution >= 4 is 23.7 Å². The summed E-state index contributed by atoms with van der Waals surface area (Å²) in [6.45, 7) is 3.13. The second-order valence-corrected chi connectivity index (χ2v) is 6.88. The van der Waals surface area contributed by atoms with Crippen LogP contribution in [0.5, 0.6) is 5.75 Å². The number of carbonyl (C=O) groups is 2. The van der Waals surface area contributed by atoms with Crippen LogP contribution in [0.1, 0.15) is 24.0 Å². The van der Waals surface area contributed by atoms with Gasteiger partial charge in [-0.2, -0.15) is 0 Å². The summed E-state index contributed by atoms with van der Waals surface area (Å²) in [7, 11) is 1.62. The molecule has 0 unspecified atom stereocenters. The minimum absolute atomic E-state index is 0.0363. The van der Waals surface area contributed by atoms with Crippen LogP contribution in [-0.2, 0) is 9.59 Å². The summed E-state index contributed by atoms with van der Waals surface area (Å²) >= 11 is 0. The lowest BCUT2D eigenvalue weighted by Crippen LogP contribution is -2.40. The van der Waals surface area contributed by atoms with Crippen molar-refractivity contribution in [2.24, 2.45) is 5.92 Å². The summed E-state index contributed by atoms with van der Waals surface area (Å²) in [5.74, 6) is 1.10. The number of hydrogen-bond acceptors (Lipinski definition) is 4. The Morgan fingerprint density at radius 2 is 2.00 bits per heavy atom. The van der Waals surface area contributed by atoms with Crippen molar-refractivity contribution in [3.8, 4) is 5.75 Å². The number of aromatic nitrogens is 1. The van der Waals surface area contributed by atoms with E-state index in [2.05, 4.69) is 10.3 Å². The summed E-state index contributed by atoms with van der Waals surface area (Å²) in [4.78, 5) is 30.8. The number of anilines is 1. The Kier molecular flexibility index (Phi) is 6.42. The number of amides is 2. The lowest BCUT2D eigenvalue weighted by Gasteiger charge is -2.30. The minimum atomic E-state index is -0.105. The molecule has 146 valence electrons. The zero-order valence-corrected chi connectivity index (χ0v) is 16.2. The van der Waals surface area contributed by atoms with Crippen molar-refractivity contribution in [2.75, 3.05) is 25.5 Å². The van der Waals surface area contributed by atoms with Gasteiger partial charge in [-0.3, -0.25) is 9.59 Å². The van der Waals surface area contributed by atoms with Gasteiger partial charge in [0, 0.05) is 36.8 Å². The molecule has 0 bridgehead atoms. The molecular weight excluding hydrogens is 354 g/mol. The number of ether oxygens (including phenoxy) is 1. The monoisotopic (exact) mass is 379 g/mol. The molecule has 0 saturated carbocycles. The molecule has 1 aliphatic heterocycles. The highest BCUT2D eigenvalue weighted by atomic mass is 16.5. The first-order chi connectivity index (χ1) is 13.6. The second-order valence-electron chi connectivity index (χ2n) is 6.88. The second kappa shape index (κ2) is 9.17. The topological polar surface area (TPSA) is 71.5 Å². The van der Waals surface area contributed by atoms with Crippen LogP contribution >= 0.6 is 0 Å². The summed E-state index contributed by atoms with van der Waals surface area (Å²) in [5.41, 5.74) is 1.98. The van der Waals surface area contributed by atoms with E-state index in [4.69, 9.17) is 4.74 Å². The van der Waals surface area contributed by atoms with Gasteiger partial charge in [-0.1, -0.05) is 17.7 Å². The summed E-state index contributed by atoms with van der Waals surface area (Å²) in [5, 5.41) is 2.84. The van der Waals surface area contributed by atoms with Gasteiger partial charge in [-0.05, 0) is 50.1 Å². The number of nitrogens with one attached hydrogen (secondary N) is 1. The van der Waals surface area contributed by atoms with Gasteiger partial charge in [0.25, 0.3) is 0 Å². The molecule has 6 nitrogen and oxygen atoms in total. The first-order valence-electron chi connectivity index (χ1n) is 9.40. The Bertz CT molecular complexity index is 857. The number of pyridine rings is 1. The normalized spacial score (nSPS) is 14.9. The smallest absolute Gasteiger partial charge is 0.246 e. The van der Waals surface area contributed by atoms with Crippen LogP contribution in [0.15, 0.2) is 48.7 Å². The highest BCUT2D eigenvalue weighted by molar-refractivity contribution is 5.93. The molecule has 3 rings (SSSR count). The van der Waals surface area contributed by atoms with Gasteiger partial charge in [-0.25, -0.2) is 4.98 Å². The van der Waals surface area contributed by atoms with E-state index < -0.39 is 0 Å². The van der Waals surface area contributed by atoms with Crippen LogP contribution in [0.25, 0.3) is 6.08 Å². The Morgan fingerprint density at radius 3 is 2.68 bits per heavy atom. The largest absolute Gasteiger partial charge is 0.496 e. The van der Waals surface area contributed by atoms with Crippen LogP contribution in [0.4, 0.5) is 5.82 Å². The molecule has 6 heteroatoms. The van der Waals surface area contributed by atoms with Gasteiger partial charge in [0.15, 0.2) is 0 Å². The first kappa shape index (κ1) is 19.6. The molecule has 1 aromatic carbocycles. The molecule has 1 aliphatic rings. The van der Waals surface area contributed by atoms with E-state index >= 15 is 0 Å². The van der Waals surface area contributed by atoms with Crippen LogP contribution < -0.4 is 10.1 Å². The Labute approximate surface area is 165 Å². The number of piperidine rings is 1. The molecule has 0 spiro atoms. The van der Waals surface area contributed by atoms with E-state index in [1.54, 1.807) is 42.5 Å². The zero-order chi connectivity index (χ0) is 19.9. The molecule has 2 amide bonds. The van der Waals surface area contributed by atoms with Gasteiger partial charge < -0.3 is 15.0 Å². The van der Waals surface area contributed by atoms with Crippen LogP contribution in [0.2, 0.25) is 0 Å². The number of carbonyl (C=O) groups excluding carboxylic acids is 2. The Balaban J connectivity index is 1.54. The molecule has 0 radical (unpaired) electrons. The first-order valence-corrected chi connectivity index (χ1v) is 9.40. The van der Waals surface area contributed by atoms with Crippen molar-refractivity contribution in [1.82, 2.24) is 9.88 Å². The number of methoxy groups -OCH3 is 1. The maximum absolute atomic E-state index is 12.5. The number of nitrogens with zero attached hydrogens (tertiary/aromatic N) is 2. The molecule has 1 saturated heterocycles. The molecule has 0 atom stereocenters. The lowest BCUT2D eigenvalue weighted by atomic mass is 9.96. The maximum Gasteiger partial charge on any atom is 0.246 e. The fourth-order valence-electron chi connectivity index (χ4n) is 3.28. The van der Waals surface area contributed by atoms with Crippen molar-refractivity contribution in [3.05, 3.63) is 59.8 Å². The van der Waals surface area contributed by atoms with Crippen molar-refractivity contribution in [3.63, 3.8) is 0 Å². The van der Waals surface area contributed by atoms with Crippen LogP contribution in [-0.4, -0.2) is 41.9 Å². The zero-order valence-electron chi connectivity index (χ0n) is 16.2. The Hall–Kier alpha value is -3.15. The molecule has 1 N–H and O–H groups in total. The number of benzene rings is 1. The fourth-order valence-corrected chi connectivity index (χ4v) is 3.28. The standard InChI is InChI=1S/C22H25N3O3/c1-16-6-8-19(28-2)18(15-16)7-9-21(26)25-13-10-17(11-14-25)22(27)24-20-5-3-4-12-23-20/h3-9,12,15,17H,10-11,13-14H2,1-2H3,(H,23,24,27). The third kappa shape index (κ3) is 4.97. The SMILES string of the molecule is COc1ccc(C)cc1C=CC(=O)N1CCC(C(=O)Nc2ccccn2)CC1. The van der Waals surface area contributed by atoms with Crippen molar-refractivity contribution < 1.29 is 14.3 Å². The third-order valence-electron chi connectivity index (χ3n) is 4.88. The van der Waals surface area contributed by atoms with Gasteiger partial charge in [0.05, 0.1) is 7.11 Å². The predicted molar refractivity (Wildman–Crippen MR) is 109 cm³/mol. The minimum Gasteiger partial charge on any atom is -0.496 e. The number of rotatable bonds is 5. The highest BCUT2D eigenvalue weighted by Gasteiger charge is 2.26. The van der Waals surface area contributed by atoms with Gasteiger partial charge in [0.2, 0.25) is 11.8 Å². The predicted octanol–water partition coefficient (Wildman–Crippen LogP) is 3.29. The molecule has 1 aromatic heterocycles. The quantitative estimate of drug-likeness (QED) is 0.809. The Morgan fingerprint density at radius 1 is 1.21 bits per heavy atom. The molecule has 1 fully saturated rings. The average Bonchev–Trinajstić information content (AvgIpc) is 2.73. The van der Waals surface area contributed by atoms with E-state index in [9.17, 15) is 9.59 Å². The van der Waals surface area contributed by atoms with E-state index in [1.165, 1.54) is 0 Å². The van der Waals surface area contributed by atoms with E-state index in [1.807, 2.05) is 31.2 Å². The van der Waals surface area contributed by atoms with E-state index in [-0.39, 0.29) is 17.7 Å². The average molecular weight is 379 g/mol. The van der Waals surface area contributed by atoms with Gasteiger partial charge >= 0.3 is 0 Å². The molecular formula is C22H25N3O3. The van der Waals surface area contributed by atoms with Crippen molar-refractivity contribution in [1.29, 1.82) is 0 Å². The molecule has 2 heterocycles.